The average molecular weight is 573 g/mol. The minimum Gasteiger partial charge on any atom is -0.379 e. The third-order valence-electron chi connectivity index (χ3n) is 6.56. The molecule has 1 atom stereocenters. The predicted molar refractivity (Wildman–Crippen MR) is 150 cm³/mol. The van der Waals surface area contributed by atoms with Gasteiger partial charge in [-0.15, -0.1) is 0 Å². The van der Waals surface area contributed by atoms with Crippen LogP contribution in [-0.4, -0.2) is 67.8 Å². The first kappa shape index (κ1) is 30.4. The van der Waals surface area contributed by atoms with Crippen LogP contribution in [0.3, 0.4) is 0 Å². The summed E-state index contributed by atoms with van der Waals surface area (Å²) >= 11 is 0. The Morgan fingerprint density at radius 1 is 1.12 bits per heavy atom. The highest BCUT2D eigenvalue weighted by molar-refractivity contribution is 5.99. The summed E-state index contributed by atoms with van der Waals surface area (Å²) in [5.41, 5.74) is 0.428. The van der Waals surface area contributed by atoms with Crippen molar-refractivity contribution in [2.75, 3.05) is 50.1 Å². The summed E-state index contributed by atoms with van der Waals surface area (Å²) in [4.78, 5) is 14.5. The molecule has 2 aromatic rings. The van der Waals surface area contributed by atoms with Crippen LogP contribution in [0.2, 0.25) is 0 Å². The van der Waals surface area contributed by atoms with Gasteiger partial charge < -0.3 is 19.3 Å². The number of alkyl halides is 3. The van der Waals surface area contributed by atoms with E-state index in [0.717, 1.165) is 25.7 Å². The van der Waals surface area contributed by atoms with Crippen molar-refractivity contribution in [2.24, 2.45) is 0 Å². The number of halogens is 3. The number of carbonyl (C=O) groups is 1. The summed E-state index contributed by atoms with van der Waals surface area (Å²) in [6.45, 7) is 9.96. The van der Waals surface area contributed by atoms with Gasteiger partial charge in [-0.3, -0.25) is 10.2 Å². The van der Waals surface area contributed by atoms with E-state index >= 15 is 0 Å². The Morgan fingerprint density at radius 2 is 1.85 bits per heavy atom. The van der Waals surface area contributed by atoms with Gasteiger partial charge >= 0.3 is 12.2 Å². The summed E-state index contributed by atoms with van der Waals surface area (Å²) in [6.07, 6.45) is -2.05. The maximum Gasteiger partial charge on any atom is 0.415 e. The first-order chi connectivity index (χ1) is 19.5. The molecule has 2 amide bonds. The molecule has 0 bridgehead atoms. The quantitative estimate of drug-likeness (QED) is 0.318. The van der Waals surface area contributed by atoms with Gasteiger partial charge in [-0.05, 0) is 43.2 Å². The molecule has 1 unspecified atom stereocenters. The standard InChI is InChI=1S/C30H35F3N4O4/c1-29(2,3)26-20-27(36-41-26)35-28(38)34-23-10-7-21(8-11-23)5-6-22-9-12-25(24(19-22)30(31,32)33)40-16-4-13-37-14-17-39-18-15-37/h7-11,19-20,25H,4,12-18H2,1-3H3,(H2,34,35,36,38). The molecule has 2 aliphatic rings. The van der Waals surface area contributed by atoms with E-state index < -0.39 is 23.9 Å². The van der Waals surface area contributed by atoms with Crippen LogP contribution in [0, 0.1) is 11.8 Å². The second-order valence-corrected chi connectivity index (χ2v) is 10.9. The number of anilines is 2. The molecule has 0 radical (unpaired) electrons. The van der Waals surface area contributed by atoms with Crippen LogP contribution in [0.5, 0.6) is 0 Å². The van der Waals surface area contributed by atoms with E-state index in [2.05, 4.69) is 32.5 Å². The van der Waals surface area contributed by atoms with Crippen molar-refractivity contribution in [3.05, 3.63) is 65.0 Å². The van der Waals surface area contributed by atoms with Crippen LogP contribution < -0.4 is 10.6 Å². The number of allylic oxidation sites excluding steroid dienone is 2. The highest BCUT2D eigenvalue weighted by atomic mass is 19.4. The number of urea groups is 1. The fourth-order valence-electron chi connectivity index (χ4n) is 4.28. The monoisotopic (exact) mass is 572 g/mol. The van der Waals surface area contributed by atoms with Crippen LogP contribution in [0.1, 0.15) is 44.9 Å². The van der Waals surface area contributed by atoms with Gasteiger partial charge in [0.05, 0.1) is 24.9 Å². The predicted octanol–water partition coefficient (Wildman–Crippen LogP) is 5.89. The molecule has 1 aliphatic carbocycles. The molecule has 11 heteroatoms. The van der Waals surface area contributed by atoms with E-state index in [1.54, 1.807) is 36.4 Å². The number of nitrogens with zero attached hydrogens (tertiary/aromatic N) is 2. The molecular formula is C30H35F3N4O4. The van der Waals surface area contributed by atoms with Crippen LogP contribution in [-0.2, 0) is 14.9 Å². The van der Waals surface area contributed by atoms with E-state index in [1.165, 1.54) is 0 Å². The number of carbonyl (C=O) groups excluding carboxylic acids is 1. The van der Waals surface area contributed by atoms with E-state index in [0.29, 0.717) is 42.5 Å². The Kier molecular flexibility index (Phi) is 9.91. The Labute approximate surface area is 237 Å². The topological polar surface area (TPSA) is 88.9 Å². The van der Waals surface area contributed by atoms with Crippen molar-refractivity contribution in [3.63, 3.8) is 0 Å². The van der Waals surface area contributed by atoms with E-state index in [1.807, 2.05) is 20.8 Å². The summed E-state index contributed by atoms with van der Waals surface area (Å²) in [5.74, 6) is 6.65. The van der Waals surface area contributed by atoms with Gasteiger partial charge in [0.2, 0.25) is 0 Å². The second-order valence-electron chi connectivity index (χ2n) is 10.9. The fraction of sp³-hybridized carbons (Fsp3) is 0.467. The zero-order valence-corrected chi connectivity index (χ0v) is 23.4. The molecule has 41 heavy (non-hydrogen) atoms. The molecule has 4 rings (SSSR count). The Bertz CT molecular complexity index is 1310. The lowest BCUT2D eigenvalue weighted by molar-refractivity contribution is -0.111. The number of ether oxygens (including phenoxy) is 2. The van der Waals surface area contributed by atoms with Crippen LogP contribution >= 0.6 is 0 Å². The zero-order valence-electron chi connectivity index (χ0n) is 23.4. The van der Waals surface area contributed by atoms with E-state index in [4.69, 9.17) is 14.0 Å². The number of benzene rings is 1. The lowest BCUT2D eigenvalue weighted by atomic mass is 9.93. The lowest BCUT2D eigenvalue weighted by Gasteiger charge is -2.28. The molecule has 220 valence electrons. The highest BCUT2D eigenvalue weighted by Crippen LogP contribution is 2.35. The number of rotatable bonds is 7. The second kappa shape index (κ2) is 13.4. The van der Waals surface area contributed by atoms with Crippen LogP contribution in [0.15, 0.2) is 58.2 Å². The Balaban J connectivity index is 1.29. The van der Waals surface area contributed by atoms with Crippen molar-refractivity contribution in [1.82, 2.24) is 10.1 Å². The molecule has 1 aliphatic heterocycles. The van der Waals surface area contributed by atoms with E-state index in [9.17, 15) is 18.0 Å². The third-order valence-corrected chi connectivity index (χ3v) is 6.56. The number of nitrogens with one attached hydrogen (secondary N) is 2. The van der Waals surface area contributed by atoms with Crippen LogP contribution in [0.4, 0.5) is 29.5 Å². The maximum absolute atomic E-state index is 13.8. The zero-order chi connectivity index (χ0) is 29.5. The van der Waals surface area contributed by atoms with Gasteiger partial charge in [-0.2, -0.15) is 13.2 Å². The molecule has 8 nitrogen and oxygen atoms in total. The first-order valence-corrected chi connectivity index (χ1v) is 13.6. The van der Waals surface area contributed by atoms with Crippen LogP contribution in [0.25, 0.3) is 0 Å². The number of morpholine rings is 1. The lowest BCUT2D eigenvalue weighted by Crippen LogP contribution is -2.37. The highest BCUT2D eigenvalue weighted by Gasteiger charge is 2.40. The van der Waals surface area contributed by atoms with Gasteiger partial charge in [0.25, 0.3) is 0 Å². The number of amides is 2. The smallest absolute Gasteiger partial charge is 0.379 e. The molecule has 2 heterocycles. The largest absolute Gasteiger partial charge is 0.415 e. The van der Waals surface area contributed by atoms with Crippen molar-refractivity contribution in [2.45, 2.75) is 51.3 Å². The van der Waals surface area contributed by atoms with Crippen molar-refractivity contribution < 1.29 is 32.0 Å². The molecule has 1 saturated heterocycles. The van der Waals surface area contributed by atoms with E-state index in [-0.39, 0.29) is 24.0 Å². The van der Waals surface area contributed by atoms with Crippen molar-refractivity contribution in [1.29, 1.82) is 0 Å². The van der Waals surface area contributed by atoms with Gasteiger partial charge in [0.1, 0.15) is 5.76 Å². The molecule has 1 fully saturated rings. The van der Waals surface area contributed by atoms with Gasteiger partial charge in [-0.1, -0.05) is 43.8 Å². The molecule has 0 spiro atoms. The maximum atomic E-state index is 13.8. The minimum atomic E-state index is -4.51. The van der Waals surface area contributed by atoms with Gasteiger partial charge in [0, 0.05) is 54.5 Å². The van der Waals surface area contributed by atoms with Gasteiger partial charge in [-0.25, -0.2) is 4.79 Å². The summed E-state index contributed by atoms with van der Waals surface area (Å²) < 4.78 is 57.5. The molecule has 1 aromatic carbocycles. The fourth-order valence-corrected chi connectivity index (χ4v) is 4.28. The number of aromatic nitrogens is 1. The SMILES string of the molecule is CC(C)(C)c1cc(NC(=O)Nc2ccc(C#CC3=CCC(OCCCN4CCOCC4)C(C(F)(F)F)=C3)cc2)no1. The number of hydrogen-bond donors (Lipinski definition) is 2. The average Bonchev–Trinajstić information content (AvgIpc) is 3.40. The summed E-state index contributed by atoms with van der Waals surface area (Å²) in [7, 11) is 0. The molecule has 0 saturated carbocycles. The molecule has 1 aromatic heterocycles. The van der Waals surface area contributed by atoms with Crippen molar-refractivity contribution >= 4 is 17.5 Å². The number of hydrogen-bond acceptors (Lipinski definition) is 6. The Morgan fingerprint density at radius 3 is 2.51 bits per heavy atom. The summed E-state index contributed by atoms with van der Waals surface area (Å²) in [5, 5.41) is 9.15. The first-order valence-electron chi connectivity index (χ1n) is 13.6. The minimum absolute atomic E-state index is 0.105. The Hall–Kier alpha value is -3.59. The third kappa shape index (κ3) is 9.21. The van der Waals surface area contributed by atoms with Crippen molar-refractivity contribution in [3.8, 4) is 11.8 Å². The molecule has 2 N–H and O–H groups in total. The normalized spacial score (nSPS) is 18.1. The molecular weight excluding hydrogens is 537 g/mol. The summed E-state index contributed by atoms with van der Waals surface area (Å²) in [6, 6.07) is 7.83. The van der Waals surface area contributed by atoms with Gasteiger partial charge in [0.15, 0.2) is 5.82 Å².